The van der Waals surface area contributed by atoms with Gasteiger partial charge in [0.1, 0.15) is 5.82 Å². The smallest absolute Gasteiger partial charge is 0.237 e. The quantitative estimate of drug-likeness (QED) is 0.673. The van der Waals surface area contributed by atoms with E-state index in [9.17, 15) is 14.0 Å². The standard InChI is InChI=1S/C21H28FN5O2S/c1-4-27-18(13-26-11-7-5-6-8-19(26)28)24-25-21(27)30-15(3)20(29)23-16-10-9-14(2)17(22)12-16/h9-10,12,15H,4-8,11,13H2,1-3H3,(H,23,29)/t15-/m0/s1. The van der Waals surface area contributed by atoms with Gasteiger partial charge in [-0.2, -0.15) is 0 Å². The van der Waals surface area contributed by atoms with E-state index >= 15 is 0 Å². The zero-order valence-electron chi connectivity index (χ0n) is 17.7. The predicted octanol–water partition coefficient (Wildman–Crippen LogP) is 3.77. The topological polar surface area (TPSA) is 80.1 Å². The molecule has 9 heteroatoms. The largest absolute Gasteiger partial charge is 0.335 e. The Bertz CT molecular complexity index is 917. The molecule has 1 aliphatic rings. The molecule has 7 nitrogen and oxygen atoms in total. The average Bonchev–Trinajstić information content (AvgIpc) is 2.98. The Morgan fingerprint density at radius 3 is 2.83 bits per heavy atom. The number of halogens is 1. The summed E-state index contributed by atoms with van der Waals surface area (Å²) in [7, 11) is 0. The van der Waals surface area contributed by atoms with E-state index in [-0.39, 0.29) is 17.6 Å². The monoisotopic (exact) mass is 433 g/mol. The number of nitrogens with zero attached hydrogens (tertiary/aromatic N) is 4. The minimum absolute atomic E-state index is 0.158. The molecule has 0 unspecified atom stereocenters. The Balaban J connectivity index is 1.66. The van der Waals surface area contributed by atoms with Crippen LogP contribution in [0, 0.1) is 12.7 Å². The molecule has 162 valence electrons. The SMILES string of the molecule is CCn1c(CN2CCCCCC2=O)nnc1S[C@@H](C)C(=O)Nc1ccc(C)c(F)c1. The number of aromatic nitrogens is 3. The zero-order chi connectivity index (χ0) is 21.7. The van der Waals surface area contributed by atoms with Gasteiger partial charge >= 0.3 is 0 Å². The van der Waals surface area contributed by atoms with E-state index in [2.05, 4.69) is 15.5 Å². The van der Waals surface area contributed by atoms with E-state index in [1.54, 1.807) is 26.0 Å². The van der Waals surface area contributed by atoms with Crippen molar-refractivity contribution in [3.63, 3.8) is 0 Å². The van der Waals surface area contributed by atoms with Crippen LogP contribution in [-0.4, -0.2) is 43.3 Å². The van der Waals surface area contributed by atoms with Crippen molar-refractivity contribution in [1.29, 1.82) is 0 Å². The molecule has 1 fully saturated rings. The number of anilines is 1. The summed E-state index contributed by atoms with van der Waals surface area (Å²) < 4.78 is 15.7. The number of aryl methyl sites for hydroxylation is 1. The number of rotatable bonds is 7. The van der Waals surface area contributed by atoms with Crippen LogP contribution in [0.3, 0.4) is 0 Å². The third-order valence-electron chi connectivity index (χ3n) is 5.20. The normalized spacial score (nSPS) is 15.7. The fraction of sp³-hybridized carbons (Fsp3) is 0.524. The minimum atomic E-state index is -0.448. The van der Waals surface area contributed by atoms with Crippen molar-refractivity contribution < 1.29 is 14.0 Å². The number of carbonyl (C=O) groups is 2. The maximum atomic E-state index is 13.7. The number of benzene rings is 1. The van der Waals surface area contributed by atoms with Gasteiger partial charge in [-0.15, -0.1) is 10.2 Å². The predicted molar refractivity (Wildman–Crippen MR) is 115 cm³/mol. The third-order valence-corrected chi connectivity index (χ3v) is 6.28. The average molecular weight is 434 g/mol. The van der Waals surface area contributed by atoms with Crippen molar-refractivity contribution in [3.8, 4) is 0 Å². The van der Waals surface area contributed by atoms with Gasteiger partial charge in [-0.25, -0.2) is 4.39 Å². The first-order valence-corrected chi connectivity index (χ1v) is 11.2. The molecule has 1 aliphatic heterocycles. The molecule has 1 N–H and O–H groups in total. The van der Waals surface area contributed by atoms with Crippen LogP contribution in [0.5, 0.6) is 0 Å². The van der Waals surface area contributed by atoms with Gasteiger partial charge in [0.2, 0.25) is 11.8 Å². The summed E-state index contributed by atoms with van der Waals surface area (Å²) >= 11 is 1.30. The number of carbonyl (C=O) groups excluding carboxylic acids is 2. The second-order valence-electron chi connectivity index (χ2n) is 7.48. The first-order valence-electron chi connectivity index (χ1n) is 10.3. The lowest BCUT2D eigenvalue weighted by Crippen LogP contribution is -2.31. The number of thioether (sulfide) groups is 1. The molecule has 1 saturated heterocycles. The van der Waals surface area contributed by atoms with Crippen LogP contribution in [0.4, 0.5) is 10.1 Å². The van der Waals surface area contributed by atoms with E-state index < -0.39 is 5.25 Å². The Hall–Kier alpha value is -2.42. The van der Waals surface area contributed by atoms with Crippen LogP contribution in [0.15, 0.2) is 23.4 Å². The second-order valence-corrected chi connectivity index (χ2v) is 8.79. The molecular weight excluding hydrogens is 405 g/mol. The molecule has 2 aromatic rings. The van der Waals surface area contributed by atoms with Gasteiger partial charge in [-0.3, -0.25) is 9.59 Å². The van der Waals surface area contributed by atoms with Crippen molar-refractivity contribution >= 4 is 29.3 Å². The molecule has 2 heterocycles. The molecule has 0 spiro atoms. The van der Waals surface area contributed by atoms with E-state index in [1.165, 1.54) is 17.8 Å². The molecular formula is C21H28FN5O2S. The second kappa shape index (κ2) is 10.1. The summed E-state index contributed by atoms with van der Waals surface area (Å²) in [4.78, 5) is 26.7. The molecule has 0 saturated carbocycles. The fourth-order valence-electron chi connectivity index (χ4n) is 3.34. The third kappa shape index (κ3) is 5.38. The lowest BCUT2D eigenvalue weighted by Gasteiger charge is -2.20. The summed E-state index contributed by atoms with van der Waals surface area (Å²) in [6.45, 7) is 7.25. The summed E-state index contributed by atoms with van der Waals surface area (Å²) in [6.07, 6.45) is 3.60. The molecule has 0 radical (unpaired) electrons. The van der Waals surface area contributed by atoms with E-state index in [0.29, 0.717) is 35.9 Å². The first kappa shape index (κ1) is 22.3. The number of likely N-dealkylation sites (tertiary alicyclic amines) is 1. The maximum Gasteiger partial charge on any atom is 0.237 e. The van der Waals surface area contributed by atoms with Gasteiger partial charge in [0.05, 0.1) is 11.8 Å². The number of hydrogen-bond acceptors (Lipinski definition) is 5. The van der Waals surface area contributed by atoms with Gasteiger partial charge in [0.15, 0.2) is 11.0 Å². The zero-order valence-corrected chi connectivity index (χ0v) is 18.5. The fourth-order valence-corrected chi connectivity index (χ4v) is 4.28. The van der Waals surface area contributed by atoms with Gasteiger partial charge in [-0.1, -0.05) is 24.2 Å². The molecule has 0 aliphatic carbocycles. The lowest BCUT2D eigenvalue weighted by molar-refractivity contribution is -0.131. The Morgan fingerprint density at radius 2 is 2.10 bits per heavy atom. The van der Waals surface area contributed by atoms with Crippen LogP contribution < -0.4 is 5.32 Å². The highest BCUT2D eigenvalue weighted by molar-refractivity contribution is 8.00. The van der Waals surface area contributed by atoms with Crippen molar-refractivity contribution in [2.45, 2.75) is 70.0 Å². The minimum Gasteiger partial charge on any atom is -0.335 e. The summed E-state index contributed by atoms with van der Waals surface area (Å²) in [5.74, 6) is 0.290. The highest BCUT2D eigenvalue weighted by Crippen LogP contribution is 2.25. The van der Waals surface area contributed by atoms with E-state index in [1.807, 2.05) is 16.4 Å². The van der Waals surface area contributed by atoms with Gasteiger partial charge in [0.25, 0.3) is 0 Å². The summed E-state index contributed by atoms with van der Waals surface area (Å²) in [5, 5.41) is 11.5. The highest BCUT2D eigenvalue weighted by Gasteiger charge is 2.23. The van der Waals surface area contributed by atoms with Crippen LogP contribution in [0.1, 0.15) is 50.9 Å². The molecule has 0 bridgehead atoms. The van der Waals surface area contributed by atoms with Gasteiger partial charge in [0, 0.05) is 25.2 Å². The van der Waals surface area contributed by atoms with Crippen LogP contribution >= 0.6 is 11.8 Å². The molecule has 2 amide bonds. The summed E-state index contributed by atoms with van der Waals surface area (Å²) in [5.41, 5.74) is 0.953. The Morgan fingerprint density at radius 1 is 1.30 bits per heavy atom. The van der Waals surface area contributed by atoms with Gasteiger partial charge < -0.3 is 14.8 Å². The molecule has 1 atom stereocenters. The van der Waals surface area contributed by atoms with E-state index in [0.717, 1.165) is 31.6 Å². The Kier molecular flexibility index (Phi) is 7.47. The van der Waals surface area contributed by atoms with Crippen LogP contribution in [-0.2, 0) is 22.7 Å². The van der Waals surface area contributed by atoms with Crippen molar-refractivity contribution in [2.75, 3.05) is 11.9 Å². The van der Waals surface area contributed by atoms with Crippen molar-refractivity contribution in [2.24, 2.45) is 0 Å². The van der Waals surface area contributed by atoms with Crippen molar-refractivity contribution in [3.05, 3.63) is 35.4 Å². The summed E-state index contributed by atoms with van der Waals surface area (Å²) in [6, 6.07) is 4.63. The molecule has 3 rings (SSSR count). The van der Waals surface area contributed by atoms with Crippen LogP contribution in [0.2, 0.25) is 0 Å². The molecule has 1 aromatic heterocycles. The first-order chi connectivity index (χ1) is 14.4. The highest BCUT2D eigenvalue weighted by atomic mass is 32.2. The molecule has 1 aromatic carbocycles. The number of amides is 2. The lowest BCUT2D eigenvalue weighted by atomic mass is 10.2. The number of nitrogens with one attached hydrogen (secondary N) is 1. The Labute approximate surface area is 180 Å². The molecule has 30 heavy (non-hydrogen) atoms. The maximum absolute atomic E-state index is 13.7. The van der Waals surface area contributed by atoms with E-state index in [4.69, 9.17) is 0 Å². The van der Waals surface area contributed by atoms with Crippen LogP contribution in [0.25, 0.3) is 0 Å². The number of hydrogen-bond donors (Lipinski definition) is 1. The van der Waals surface area contributed by atoms with Crippen molar-refractivity contribution in [1.82, 2.24) is 19.7 Å². The van der Waals surface area contributed by atoms with Gasteiger partial charge in [-0.05, 0) is 51.3 Å².